The molecular weight excluding hydrogens is 264 g/mol. The lowest BCUT2D eigenvalue weighted by Gasteiger charge is -2.23. The molecule has 2 saturated heterocycles. The Bertz CT molecular complexity index is 529. The summed E-state index contributed by atoms with van der Waals surface area (Å²) in [5.41, 5.74) is 0.477. The van der Waals surface area contributed by atoms with Gasteiger partial charge in [0, 0.05) is 36.8 Å². The van der Waals surface area contributed by atoms with Crippen LogP contribution in [0.1, 0.15) is 12.8 Å². The van der Waals surface area contributed by atoms with E-state index in [4.69, 9.17) is 0 Å². The fourth-order valence-electron chi connectivity index (χ4n) is 3.03. The van der Waals surface area contributed by atoms with E-state index in [0.717, 1.165) is 44.6 Å². The molecule has 4 nitrogen and oxygen atoms in total. The zero-order valence-corrected chi connectivity index (χ0v) is 11.1. The van der Waals surface area contributed by atoms with Crippen LogP contribution in [0.5, 0.6) is 0 Å². The minimum absolute atomic E-state index is 0.200. The number of halogens is 2. The van der Waals surface area contributed by atoms with E-state index in [1.54, 1.807) is 4.90 Å². The van der Waals surface area contributed by atoms with E-state index in [1.165, 1.54) is 6.07 Å². The lowest BCUT2D eigenvalue weighted by Crippen LogP contribution is -2.36. The first-order chi connectivity index (χ1) is 9.58. The first-order valence-corrected chi connectivity index (χ1v) is 6.80. The van der Waals surface area contributed by atoms with Gasteiger partial charge in [-0.15, -0.1) is 0 Å². The maximum absolute atomic E-state index is 13.1. The molecule has 0 aromatic heterocycles. The Labute approximate surface area is 116 Å². The number of hydrogen-bond donors (Lipinski definition) is 2. The molecule has 1 aromatic carbocycles. The minimum atomic E-state index is -0.958. The summed E-state index contributed by atoms with van der Waals surface area (Å²) in [6.45, 7) is 3.37. The van der Waals surface area contributed by atoms with E-state index in [0.29, 0.717) is 6.54 Å². The summed E-state index contributed by atoms with van der Waals surface area (Å²) in [7, 11) is 0. The van der Waals surface area contributed by atoms with Crippen LogP contribution in [0, 0.1) is 17.0 Å². The first kappa shape index (κ1) is 13.3. The molecule has 2 aliphatic rings. The van der Waals surface area contributed by atoms with Crippen molar-refractivity contribution in [2.45, 2.75) is 12.8 Å². The summed E-state index contributed by atoms with van der Waals surface area (Å²) in [5.74, 6) is -1.87. The highest BCUT2D eigenvalue weighted by Gasteiger charge is 2.41. The van der Waals surface area contributed by atoms with Crippen molar-refractivity contribution in [3.63, 3.8) is 0 Å². The predicted molar refractivity (Wildman–Crippen MR) is 71.5 cm³/mol. The third-order valence-corrected chi connectivity index (χ3v) is 4.23. The fourth-order valence-corrected chi connectivity index (χ4v) is 3.03. The van der Waals surface area contributed by atoms with Crippen molar-refractivity contribution >= 4 is 11.7 Å². The Morgan fingerprint density at radius 1 is 1.30 bits per heavy atom. The molecule has 1 aromatic rings. The highest BCUT2D eigenvalue weighted by molar-refractivity contribution is 5.89. The number of anilines is 1. The van der Waals surface area contributed by atoms with Gasteiger partial charge in [0.05, 0.1) is 0 Å². The Morgan fingerprint density at radius 2 is 2.15 bits per heavy atom. The molecule has 0 radical (unpaired) electrons. The number of carbonyl (C=O) groups excluding carboxylic acids is 1. The van der Waals surface area contributed by atoms with Gasteiger partial charge in [0.2, 0.25) is 0 Å². The molecule has 108 valence electrons. The molecule has 1 atom stereocenters. The molecule has 6 heteroatoms. The third-order valence-electron chi connectivity index (χ3n) is 4.23. The largest absolute Gasteiger partial charge is 0.324 e. The van der Waals surface area contributed by atoms with E-state index in [9.17, 15) is 13.6 Å². The summed E-state index contributed by atoms with van der Waals surface area (Å²) >= 11 is 0. The van der Waals surface area contributed by atoms with Gasteiger partial charge < -0.3 is 15.5 Å². The van der Waals surface area contributed by atoms with Gasteiger partial charge in [-0.3, -0.25) is 0 Å². The van der Waals surface area contributed by atoms with Gasteiger partial charge in [0.1, 0.15) is 0 Å². The molecule has 0 bridgehead atoms. The van der Waals surface area contributed by atoms with E-state index >= 15 is 0 Å². The number of nitrogens with zero attached hydrogens (tertiary/aromatic N) is 1. The average Bonchev–Trinajstić information content (AvgIpc) is 3.05. The SMILES string of the molecule is O=C(Nc1ccc(F)c(F)c1)N1CCC2(CCNC2)C1. The second-order valence-electron chi connectivity index (χ2n) is 5.66. The molecule has 0 aliphatic carbocycles. The molecule has 20 heavy (non-hydrogen) atoms. The van der Waals surface area contributed by atoms with Crippen molar-refractivity contribution in [3.8, 4) is 0 Å². The maximum Gasteiger partial charge on any atom is 0.321 e. The summed E-state index contributed by atoms with van der Waals surface area (Å²) in [6, 6.07) is 3.12. The highest BCUT2D eigenvalue weighted by atomic mass is 19.2. The van der Waals surface area contributed by atoms with Crippen LogP contribution < -0.4 is 10.6 Å². The quantitative estimate of drug-likeness (QED) is 0.828. The number of urea groups is 1. The van der Waals surface area contributed by atoms with Crippen molar-refractivity contribution in [2.75, 3.05) is 31.5 Å². The van der Waals surface area contributed by atoms with Crippen molar-refractivity contribution in [3.05, 3.63) is 29.8 Å². The van der Waals surface area contributed by atoms with Crippen LogP contribution in [-0.4, -0.2) is 37.1 Å². The Kier molecular flexibility index (Phi) is 3.33. The third kappa shape index (κ3) is 2.47. The normalized spacial score (nSPS) is 25.4. The highest BCUT2D eigenvalue weighted by Crippen LogP contribution is 2.36. The number of likely N-dealkylation sites (tertiary alicyclic amines) is 1. The number of benzene rings is 1. The molecule has 1 unspecified atom stereocenters. The van der Waals surface area contributed by atoms with E-state index in [2.05, 4.69) is 10.6 Å². The van der Waals surface area contributed by atoms with Gasteiger partial charge in [-0.05, 0) is 31.5 Å². The van der Waals surface area contributed by atoms with Crippen LogP contribution in [0.3, 0.4) is 0 Å². The molecule has 2 fully saturated rings. The standard InChI is InChI=1S/C14H17F2N3O/c15-11-2-1-10(7-12(11)16)18-13(20)19-6-4-14(9-19)3-5-17-8-14/h1-2,7,17H,3-6,8-9H2,(H,18,20). The van der Waals surface area contributed by atoms with Crippen LogP contribution in [0.15, 0.2) is 18.2 Å². The fraction of sp³-hybridized carbons (Fsp3) is 0.500. The monoisotopic (exact) mass is 281 g/mol. The molecule has 2 N–H and O–H groups in total. The smallest absolute Gasteiger partial charge is 0.321 e. The molecule has 3 rings (SSSR count). The summed E-state index contributed by atoms with van der Waals surface area (Å²) in [5, 5.41) is 5.95. The zero-order valence-electron chi connectivity index (χ0n) is 11.1. The maximum atomic E-state index is 13.1. The number of rotatable bonds is 1. The van der Waals surface area contributed by atoms with E-state index in [-0.39, 0.29) is 17.1 Å². The number of nitrogens with one attached hydrogen (secondary N) is 2. The predicted octanol–water partition coefficient (Wildman–Crippen LogP) is 2.18. The van der Waals surface area contributed by atoms with Gasteiger partial charge in [-0.25, -0.2) is 13.6 Å². The zero-order chi connectivity index (χ0) is 14.2. The average molecular weight is 281 g/mol. The molecule has 2 aliphatic heterocycles. The van der Waals surface area contributed by atoms with E-state index in [1.807, 2.05) is 0 Å². The lowest BCUT2D eigenvalue weighted by molar-refractivity contribution is 0.215. The van der Waals surface area contributed by atoms with Crippen LogP contribution in [0.2, 0.25) is 0 Å². The number of amides is 2. The van der Waals surface area contributed by atoms with Crippen LogP contribution >= 0.6 is 0 Å². The van der Waals surface area contributed by atoms with Crippen molar-refractivity contribution < 1.29 is 13.6 Å². The molecule has 0 saturated carbocycles. The number of carbonyl (C=O) groups is 1. The second kappa shape index (κ2) is 5.01. The van der Waals surface area contributed by atoms with E-state index < -0.39 is 11.6 Å². The molecule has 2 amide bonds. The van der Waals surface area contributed by atoms with Crippen molar-refractivity contribution in [1.82, 2.24) is 10.2 Å². The van der Waals surface area contributed by atoms with Crippen molar-refractivity contribution in [2.24, 2.45) is 5.41 Å². The van der Waals surface area contributed by atoms with Crippen molar-refractivity contribution in [1.29, 1.82) is 0 Å². The summed E-state index contributed by atoms with van der Waals surface area (Å²) in [4.78, 5) is 13.9. The topological polar surface area (TPSA) is 44.4 Å². The van der Waals surface area contributed by atoms with Crippen LogP contribution in [-0.2, 0) is 0 Å². The molecular formula is C14H17F2N3O. The minimum Gasteiger partial charge on any atom is -0.324 e. The van der Waals surface area contributed by atoms with Gasteiger partial charge >= 0.3 is 6.03 Å². The van der Waals surface area contributed by atoms with Gasteiger partial charge in [-0.2, -0.15) is 0 Å². The van der Waals surface area contributed by atoms with Gasteiger partial charge in [-0.1, -0.05) is 0 Å². The van der Waals surface area contributed by atoms with Crippen LogP contribution in [0.4, 0.5) is 19.3 Å². The lowest BCUT2D eigenvalue weighted by atomic mass is 9.87. The summed E-state index contributed by atoms with van der Waals surface area (Å²) < 4.78 is 25.9. The van der Waals surface area contributed by atoms with Crippen LogP contribution in [0.25, 0.3) is 0 Å². The number of hydrogen-bond acceptors (Lipinski definition) is 2. The Hall–Kier alpha value is -1.69. The summed E-state index contributed by atoms with van der Waals surface area (Å²) in [6.07, 6.45) is 2.08. The molecule has 2 heterocycles. The second-order valence-corrected chi connectivity index (χ2v) is 5.66. The Balaban J connectivity index is 1.63. The van der Waals surface area contributed by atoms with Gasteiger partial charge in [0.15, 0.2) is 11.6 Å². The van der Waals surface area contributed by atoms with Gasteiger partial charge in [0.25, 0.3) is 0 Å². The molecule has 1 spiro atoms. The Morgan fingerprint density at radius 3 is 2.85 bits per heavy atom. The first-order valence-electron chi connectivity index (χ1n) is 6.80.